The molecule has 2 aliphatic rings. The fourth-order valence-corrected chi connectivity index (χ4v) is 4.66. The highest BCUT2D eigenvalue weighted by atomic mass is 35.5. The summed E-state index contributed by atoms with van der Waals surface area (Å²) < 4.78 is 0. The van der Waals surface area contributed by atoms with Gasteiger partial charge in [-0.15, -0.1) is 24.8 Å². The van der Waals surface area contributed by atoms with Crippen LogP contribution in [0.2, 0.25) is 0 Å². The monoisotopic (exact) mass is 506 g/mol. The van der Waals surface area contributed by atoms with Crippen molar-refractivity contribution in [3.05, 3.63) is 65.0 Å². The molecule has 8 heteroatoms. The molecule has 1 aliphatic carbocycles. The number of rotatable bonds is 2. The van der Waals surface area contributed by atoms with Crippen LogP contribution in [0.15, 0.2) is 42.6 Å². The number of aromatic nitrogens is 1. The van der Waals surface area contributed by atoms with Gasteiger partial charge in [0, 0.05) is 44.0 Å². The molecule has 186 valence electrons. The van der Waals surface area contributed by atoms with Crippen molar-refractivity contribution < 1.29 is 9.59 Å². The standard InChI is InChI=1S/C26H34N4O2.2ClH/c31-25-18-24(20-9-2-1-3-10-20)27-13-6-7-15-30(16-8-14-28-25)26(32)22-17-21-11-4-5-12-23(21)29-19-22;;/h1-3,9-10,17,19,24,27H,4-8,11-16,18H2,(H,28,31);2*1H. The van der Waals surface area contributed by atoms with E-state index in [2.05, 4.69) is 33.8 Å². The van der Waals surface area contributed by atoms with Crippen LogP contribution in [-0.2, 0) is 17.6 Å². The number of carbonyl (C=O) groups excluding carboxylic acids is 2. The molecule has 0 radical (unpaired) electrons. The van der Waals surface area contributed by atoms with Crippen LogP contribution in [0.3, 0.4) is 0 Å². The fourth-order valence-electron chi connectivity index (χ4n) is 4.66. The summed E-state index contributed by atoms with van der Waals surface area (Å²) in [6.45, 7) is 2.76. The number of benzene rings is 1. The summed E-state index contributed by atoms with van der Waals surface area (Å²) in [4.78, 5) is 32.3. The van der Waals surface area contributed by atoms with Crippen LogP contribution in [0, 0.1) is 0 Å². The summed E-state index contributed by atoms with van der Waals surface area (Å²) in [6, 6.07) is 12.2. The first-order chi connectivity index (χ1) is 15.7. The Balaban J connectivity index is 0.00000204. The van der Waals surface area contributed by atoms with Gasteiger partial charge < -0.3 is 15.5 Å². The van der Waals surface area contributed by atoms with Crippen LogP contribution in [0.25, 0.3) is 0 Å². The molecule has 0 saturated carbocycles. The third kappa shape index (κ3) is 7.69. The van der Waals surface area contributed by atoms with Crippen molar-refractivity contribution in [1.82, 2.24) is 20.5 Å². The third-order valence-corrected chi connectivity index (χ3v) is 6.47. The molecule has 1 unspecified atom stereocenters. The highest BCUT2D eigenvalue weighted by molar-refractivity contribution is 5.94. The lowest BCUT2D eigenvalue weighted by atomic mass is 9.95. The minimum Gasteiger partial charge on any atom is -0.356 e. The highest BCUT2D eigenvalue weighted by Crippen LogP contribution is 2.21. The summed E-state index contributed by atoms with van der Waals surface area (Å²) in [5, 5.41) is 6.57. The van der Waals surface area contributed by atoms with Crippen molar-refractivity contribution in [1.29, 1.82) is 0 Å². The van der Waals surface area contributed by atoms with Crippen LogP contribution >= 0.6 is 24.8 Å². The smallest absolute Gasteiger partial charge is 0.255 e. The second kappa shape index (κ2) is 14.3. The molecule has 1 atom stereocenters. The summed E-state index contributed by atoms with van der Waals surface area (Å²) in [5.41, 5.74) is 4.21. The van der Waals surface area contributed by atoms with Gasteiger partial charge in [0.2, 0.25) is 5.91 Å². The zero-order valence-electron chi connectivity index (χ0n) is 19.6. The lowest BCUT2D eigenvalue weighted by Gasteiger charge is -2.24. The second-order valence-electron chi connectivity index (χ2n) is 8.86. The van der Waals surface area contributed by atoms with Crippen molar-refractivity contribution >= 4 is 36.6 Å². The summed E-state index contributed by atoms with van der Waals surface area (Å²) in [6.07, 6.45) is 9.20. The van der Waals surface area contributed by atoms with Gasteiger partial charge in [-0.25, -0.2) is 0 Å². The summed E-state index contributed by atoms with van der Waals surface area (Å²) in [5.74, 6) is 0.101. The van der Waals surface area contributed by atoms with Gasteiger partial charge in [-0.1, -0.05) is 30.3 Å². The molecule has 2 heterocycles. The molecule has 2 amide bonds. The van der Waals surface area contributed by atoms with Gasteiger partial charge in [0.25, 0.3) is 5.91 Å². The Labute approximate surface area is 215 Å². The van der Waals surface area contributed by atoms with Crippen LogP contribution in [0.1, 0.15) is 71.7 Å². The molecular weight excluding hydrogens is 471 g/mol. The van der Waals surface area contributed by atoms with E-state index in [1.807, 2.05) is 23.1 Å². The van der Waals surface area contributed by atoms with Crippen LogP contribution in [0.5, 0.6) is 0 Å². The maximum absolute atomic E-state index is 13.3. The topological polar surface area (TPSA) is 74.3 Å². The first-order valence-corrected chi connectivity index (χ1v) is 12.0. The Morgan fingerprint density at radius 3 is 2.53 bits per heavy atom. The predicted molar refractivity (Wildman–Crippen MR) is 140 cm³/mol. The number of nitrogens with zero attached hydrogens (tertiary/aromatic N) is 2. The molecule has 2 N–H and O–H groups in total. The maximum Gasteiger partial charge on any atom is 0.255 e. The van der Waals surface area contributed by atoms with Crippen LogP contribution in [0.4, 0.5) is 0 Å². The van der Waals surface area contributed by atoms with E-state index in [-0.39, 0.29) is 42.7 Å². The lowest BCUT2D eigenvalue weighted by molar-refractivity contribution is -0.121. The number of pyridine rings is 1. The Hall–Kier alpha value is -2.15. The van der Waals surface area contributed by atoms with Gasteiger partial charge in [0.05, 0.1) is 5.56 Å². The van der Waals surface area contributed by atoms with E-state index in [1.165, 1.54) is 18.4 Å². The molecule has 1 saturated heterocycles. The molecule has 0 spiro atoms. The number of halogens is 2. The molecule has 1 aromatic heterocycles. The molecule has 6 nitrogen and oxygen atoms in total. The Morgan fingerprint density at radius 1 is 0.941 bits per heavy atom. The number of fused-ring (bicyclic) bond motifs is 1. The molecule has 34 heavy (non-hydrogen) atoms. The number of hydrogen-bond donors (Lipinski definition) is 2. The van der Waals surface area contributed by atoms with Gasteiger partial charge in [-0.05, 0) is 68.7 Å². The number of hydrogen-bond acceptors (Lipinski definition) is 4. The first-order valence-electron chi connectivity index (χ1n) is 12.0. The van der Waals surface area contributed by atoms with Crippen molar-refractivity contribution in [2.24, 2.45) is 0 Å². The average Bonchev–Trinajstić information content (AvgIpc) is 2.85. The molecule has 1 aliphatic heterocycles. The SMILES string of the molecule is Cl.Cl.O=C1CC(c2ccccc2)NCCCCN(C(=O)c2cnc3c(c2)CCCC3)CCCN1. The number of nitrogens with one attached hydrogen (secondary N) is 2. The second-order valence-corrected chi connectivity index (χ2v) is 8.86. The highest BCUT2D eigenvalue weighted by Gasteiger charge is 2.20. The number of amides is 2. The average molecular weight is 508 g/mol. The zero-order valence-corrected chi connectivity index (χ0v) is 21.3. The van der Waals surface area contributed by atoms with Gasteiger partial charge in [0.15, 0.2) is 0 Å². The first kappa shape index (κ1) is 28.1. The fraction of sp³-hybridized carbons (Fsp3) is 0.500. The van der Waals surface area contributed by atoms with Crippen molar-refractivity contribution in [3.63, 3.8) is 0 Å². The van der Waals surface area contributed by atoms with E-state index in [0.29, 0.717) is 25.1 Å². The molecule has 4 rings (SSSR count). The van der Waals surface area contributed by atoms with Gasteiger partial charge in [0.1, 0.15) is 0 Å². The minimum atomic E-state index is 0. The van der Waals surface area contributed by atoms with Crippen molar-refractivity contribution in [2.45, 2.75) is 57.4 Å². The normalized spacial score (nSPS) is 19.6. The predicted octanol–water partition coefficient (Wildman–Crippen LogP) is 4.27. The van der Waals surface area contributed by atoms with Gasteiger partial charge >= 0.3 is 0 Å². The maximum atomic E-state index is 13.3. The number of aryl methyl sites for hydroxylation is 2. The Kier molecular flexibility index (Phi) is 11.8. The van der Waals surface area contributed by atoms with Crippen molar-refractivity contribution in [3.8, 4) is 0 Å². The van der Waals surface area contributed by atoms with E-state index in [0.717, 1.165) is 56.5 Å². The largest absolute Gasteiger partial charge is 0.356 e. The Bertz CT molecular complexity index is 926. The molecule has 2 aromatic rings. The van der Waals surface area contributed by atoms with E-state index in [1.54, 1.807) is 6.20 Å². The van der Waals surface area contributed by atoms with Gasteiger partial charge in [-0.3, -0.25) is 14.6 Å². The lowest BCUT2D eigenvalue weighted by Crippen LogP contribution is -2.35. The van der Waals surface area contributed by atoms with Crippen LogP contribution in [-0.4, -0.2) is 47.9 Å². The van der Waals surface area contributed by atoms with Gasteiger partial charge in [-0.2, -0.15) is 0 Å². The molecule has 1 aromatic carbocycles. The number of carbonyl (C=O) groups is 2. The minimum absolute atomic E-state index is 0. The molecule has 0 bridgehead atoms. The van der Waals surface area contributed by atoms with E-state index in [9.17, 15) is 9.59 Å². The summed E-state index contributed by atoms with van der Waals surface area (Å²) in [7, 11) is 0. The third-order valence-electron chi connectivity index (χ3n) is 6.47. The Morgan fingerprint density at radius 2 is 1.71 bits per heavy atom. The zero-order chi connectivity index (χ0) is 22.2. The van der Waals surface area contributed by atoms with E-state index < -0.39 is 0 Å². The van der Waals surface area contributed by atoms with Crippen LogP contribution < -0.4 is 10.6 Å². The van der Waals surface area contributed by atoms with E-state index >= 15 is 0 Å². The molecule has 1 fully saturated rings. The van der Waals surface area contributed by atoms with E-state index in [4.69, 9.17) is 0 Å². The van der Waals surface area contributed by atoms with Crippen molar-refractivity contribution in [2.75, 3.05) is 26.2 Å². The molecular formula is C26H36Cl2N4O2. The summed E-state index contributed by atoms with van der Waals surface area (Å²) >= 11 is 0. The quantitative estimate of drug-likeness (QED) is 0.637.